The van der Waals surface area contributed by atoms with Crippen LogP contribution in [-0.4, -0.2) is 72.1 Å². The SMILES string of the molecule is CCS(=O)(=O)N1C[C@H](Oc2ccccn2)[C@H]2OCCC[C@H]21.O=C(O)C(F)(F)F. The number of hydrogen-bond donors (Lipinski definition) is 1. The highest BCUT2D eigenvalue weighted by atomic mass is 32.2. The van der Waals surface area contributed by atoms with Gasteiger partial charge in [0.2, 0.25) is 15.9 Å². The van der Waals surface area contributed by atoms with Gasteiger partial charge in [-0.2, -0.15) is 17.5 Å². The first-order valence-electron chi connectivity index (χ1n) is 8.55. The standard InChI is InChI=1S/C14H20N2O4S.C2HF3O2/c1-2-21(17,18)16-10-12(14-11(16)6-5-9-19-14)20-13-7-3-4-8-15-13;3-2(4,5)1(6)7/h3-4,7-8,11-12,14H,2,5-6,9-10H2,1H3;(H,6,7)/t11-,12+,14+;/m1./s1. The quantitative estimate of drug-likeness (QED) is 0.781. The number of ether oxygens (including phenoxy) is 2. The molecule has 0 aliphatic carbocycles. The molecule has 2 aliphatic heterocycles. The predicted molar refractivity (Wildman–Crippen MR) is 91.3 cm³/mol. The van der Waals surface area contributed by atoms with Gasteiger partial charge in [-0.25, -0.2) is 18.2 Å². The van der Waals surface area contributed by atoms with Crippen LogP contribution < -0.4 is 4.74 Å². The summed E-state index contributed by atoms with van der Waals surface area (Å²) in [6.45, 7) is 2.66. The number of aliphatic carboxylic acids is 1. The van der Waals surface area contributed by atoms with Gasteiger partial charge in [-0.1, -0.05) is 6.07 Å². The lowest BCUT2D eigenvalue weighted by molar-refractivity contribution is -0.192. The summed E-state index contributed by atoms with van der Waals surface area (Å²) in [5, 5.41) is 7.12. The van der Waals surface area contributed by atoms with Gasteiger partial charge in [-0.05, 0) is 25.8 Å². The van der Waals surface area contributed by atoms with Crippen molar-refractivity contribution in [3.8, 4) is 5.88 Å². The summed E-state index contributed by atoms with van der Waals surface area (Å²) in [5.74, 6) is -2.15. The van der Waals surface area contributed by atoms with Crippen LogP contribution in [0.15, 0.2) is 24.4 Å². The van der Waals surface area contributed by atoms with E-state index in [9.17, 15) is 21.6 Å². The summed E-state index contributed by atoms with van der Waals surface area (Å²) in [5.41, 5.74) is 0. The lowest BCUT2D eigenvalue weighted by Crippen LogP contribution is -2.44. The first-order chi connectivity index (χ1) is 13.1. The zero-order valence-electron chi connectivity index (χ0n) is 15.0. The third-order valence-corrected chi connectivity index (χ3v) is 6.17. The Morgan fingerprint density at radius 2 is 2.11 bits per heavy atom. The minimum Gasteiger partial charge on any atom is -0.475 e. The Morgan fingerprint density at radius 1 is 1.43 bits per heavy atom. The summed E-state index contributed by atoms with van der Waals surface area (Å²) < 4.78 is 69.5. The van der Waals surface area contributed by atoms with Crippen molar-refractivity contribution >= 4 is 16.0 Å². The smallest absolute Gasteiger partial charge is 0.475 e. The van der Waals surface area contributed by atoms with Crippen LogP contribution >= 0.6 is 0 Å². The summed E-state index contributed by atoms with van der Waals surface area (Å²) in [6.07, 6.45) is -2.22. The van der Waals surface area contributed by atoms with E-state index in [1.807, 2.05) is 12.1 Å². The lowest BCUT2D eigenvalue weighted by atomic mass is 10.0. The molecule has 0 unspecified atom stereocenters. The Kier molecular flexibility index (Phi) is 7.23. The molecule has 2 aliphatic rings. The van der Waals surface area contributed by atoms with Gasteiger partial charge in [0.1, 0.15) is 12.2 Å². The van der Waals surface area contributed by atoms with Crippen molar-refractivity contribution in [2.75, 3.05) is 18.9 Å². The van der Waals surface area contributed by atoms with Crippen molar-refractivity contribution in [2.45, 2.75) is 44.2 Å². The molecule has 0 saturated carbocycles. The molecule has 1 N–H and O–H groups in total. The maximum Gasteiger partial charge on any atom is 0.490 e. The molecule has 0 spiro atoms. The average molecular weight is 426 g/mol. The van der Waals surface area contributed by atoms with Crippen LogP contribution in [0.5, 0.6) is 5.88 Å². The van der Waals surface area contributed by atoms with E-state index in [0.717, 1.165) is 12.8 Å². The van der Waals surface area contributed by atoms with E-state index in [0.29, 0.717) is 19.0 Å². The normalized spacial score (nSPS) is 25.4. The zero-order valence-corrected chi connectivity index (χ0v) is 15.8. The van der Waals surface area contributed by atoms with Crippen molar-refractivity contribution < 1.29 is 41.0 Å². The van der Waals surface area contributed by atoms with E-state index in [1.54, 1.807) is 23.5 Å². The number of sulfonamides is 1. The highest BCUT2D eigenvalue weighted by molar-refractivity contribution is 7.89. The summed E-state index contributed by atoms with van der Waals surface area (Å²) in [7, 11) is -3.24. The van der Waals surface area contributed by atoms with Gasteiger partial charge in [0.25, 0.3) is 0 Å². The molecule has 3 heterocycles. The van der Waals surface area contributed by atoms with Gasteiger partial charge in [-0.15, -0.1) is 0 Å². The molecular formula is C16H21F3N2O6S. The predicted octanol–water partition coefficient (Wildman–Crippen LogP) is 1.68. The largest absolute Gasteiger partial charge is 0.490 e. The van der Waals surface area contributed by atoms with E-state index in [1.165, 1.54) is 0 Å². The topological polar surface area (TPSA) is 106 Å². The zero-order chi connectivity index (χ0) is 20.9. The van der Waals surface area contributed by atoms with Gasteiger partial charge in [0, 0.05) is 18.9 Å². The molecule has 1 aromatic heterocycles. The molecule has 28 heavy (non-hydrogen) atoms. The van der Waals surface area contributed by atoms with Gasteiger partial charge in [0.15, 0.2) is 0 Å². The van der Waals surface area contributed by atoms with Crippen LogP contribution in [0.4, 0.5) is 13.2 Å². The molecule has 2 fully saturated rings. The van der Waals surface area contributed by atoms with Crippen molar-refractivity contribution in [2.24, 2.45) is 0 Å². The summed E-state index contributed by atoms with van der Waals surface area (Å²) >= 11 is 0. The van der Waals surface area contributed by atoms with Gasteiger partial charge in [-0.3, -0.25) is 0 Å². The number of halogens is 3. The molecule has 3 rings (SSSR count). The van der Waals surface area contributed by atoms with E-state index in [-0.39, 0.29) is 24.0 Å². The fraction of sp³-hybridized carbons (Fsp3) is 0.625. The van der Waals surface area contributed by atoms with E-state index in [4.69, 9.17) is 19.4 Å². The molecule has 0 amide bonds. The Morgan fingerprint density at radius 3 is 2.64 bits per heavy atom. The number of fused-ring (bicyclic) bond motifs is 1. The van der Waals surface area contributed by atoms with Crippen LogP contribution in [0.2, 0.25) is 0 Å². The number of carbonyl (C=O) groups is 1. The van der Waals surface area contributed by atoms with Gasteiger partial charge >= 0.3 is 12.1 Å². The van der Waals surface area contributed by atoms with Crippen molar-refractivity contribution in [3.05, 3.63) is 24.4 Å². The first kappa shape index (κ1) is 22.4. The highest BCUT2D eigenvalue weighted by Gasteiger charge is 2.49. The van der Waals surface area contributed by atoms with Crippen molar-refractivity contribution in [1.29, 1.82) is 0 Å². The molecule has 8 nitrogen and oxygen atoms in total. The van der Waals surface area contributed by atoms with Crippen LogP contribution in [0.3, 0.4) is 0 Å². The highest BCUT2D eigenvalue weighted by Crippen LogP contribution is 2.33. The number of pyridine rings is 1. The Hall–Kier alpha value is -1.92. The molecule has 0 aromatic carbocycles. The molecule has 2 saturated heterocycles. The number of hydrogen-bond acceptors (Lipinski definition) is 6. The number of alkyl halides is 3. The maximum absolute atomic E-state index is 12.3. The third-order valence-electron chi connectivity index (χ3n) is 4.30. The Balaban J connectivity index is 0.000000345. The second kappa shape index (κ2) is 9.05. The fourth-order valence-electron chi connectivity index (χ4n) is 3.03. The first-order valence-corrected chi connectivity index (χ1v) is 10.2. The van der Waals surface area contributed by atoms with Gasteiger partial charge < -0.3 is 14.6 Å². The molecule has 0 bridgehead atoms. The van der Waals surface area contributed by atoms with Crippen LogP contribution in [0.25, 0.3) is 0 Å². The maximum atomic E-state index is 12.3. The number of aromatic nitrogens is 1. The minimum atomic E-state index is -5.08. The van der Waals surface area contributed by atoms with E-state index >= 15 is 0 Å². The number of carboxylic acids is 1. The van der Waals surface area contributed by atoms with Crippen LogP contribution in [-0.2, 0) is 19.6 Å². The van der Waals surface area contributed by atoms with Crippen molar-refractivity contribution in [3.63, 3.8) is 0 Å². The minimum absolute atomic E-state index is 0.104. The molecule has 12 heteroatoms. The molecule has 0 radical (unpaired) electrons. The molecule has 158 valence electrons. The average Bonchev–Trinajstić information content (AvgIpc) is 3.02. The number of rotatable bonds is 4. The third kappa shape index (κ3) is 5.55. The van der Waals surface area contributed by atoms with Crippen LogP contribution in [0.1, 0.15) is 19.8 Å². The number of carboxylic acid groups (broad SMARTS) is 1. The second-order valence-corrected chi connectivity index (χ2v) is 8.35. The van der Waals surface area contributed by atoms with Crippen molar-refractivity contribution in [1.82, 2.24) is 9.29 Å². The lowest BCUT2D eigenvalue weighted by Gasteiger charge is -2.31. The molecular weight excluding hydrogens is 405 g/mol. The van der Waals surface area contributed by atoms with E-state index < -0.39 is 22.2 Å². The molecule has 1 aromatic rings. The van der Waals surface area contributed by atoms with Crippen LogP contribution in [0, 0.1) is 0 Å². The second-order valence-electron chi connectivity index (χ2n) is 6.14. The van der Waals surface area contributed by atoms with E-state index in [2.05, 4.69) is 4.98 Å². The fourth-order valence-corrected chi connectivity index (χ4v) is 4.37. The van der Waals surface area contributed by atoms with Gasteiger partial charge in [0.05, 0.1) is 18.3 Å². The number of nitrogens with zero attached hydrogens (tertiary/aromatic N) is 2. The Labute approximate surface area is 160 Å². The molecule has 3 atom stereocenters. The summed E-state index contributed by atoms with van der Waals surface area (Å²) in [4.78, 5) is 13.0. The Bertz CT molecular complexity index is 759. The summed E-state index contributed by atoms with van der Waals surface area (Å²) in [6, 6.07) is 5.32. The monoisotopic (exact) mass is 426 g/mol.